The Morgan fingerprint density at radius 2 is 1.95 bits per heavy atom. The van der Waals surface area contributed by atoms with Crippen LogP contribution in [0.15, 0.2) is 24.3 Å². The summed E-state index contributed by atoms with van der Waals surface area (Å²) in [5, 5.41) is 3.69. The zero-order chi connectivity index (χ0) is 13.7. The number of benzene rings is 1. The van der Waals surface area contributed by atoms with E-state index in [4.69, 9.17) is 4.74 Å². The monoisotopic (exact) mass is 271 g/mol. The first-order valence-corrected chi connectivity index (χ1v) is 7.69. The van der Waals surface area contributed by atoms with E-state index in [9.17, 15) is 4.79 Å². The summed E-state index contributed by atoms with van der Waals surface area (Å²) >= 11 is 0. The third-order valence-corrected chi connectivity index (χ3v) is 5.69. The van der Waals surface area contributed by atoms with Gasteiger partial charge in [0.2, 0.25) is 0 Å². The molecule has 20 heavy (non-hydrogen) atoms. The van der Waals surface area contributed by atoms with Crippen molar-refractivity contribution in [1.29, 1.82) is 0 Å². The van der Waals surface area contributed by atoms with E-state index in [1.165, 1.54) is 26.4 Å². The van der Waals surface area contributed by atoms with Crippen molar-refractivity contribution < 1.29 is 9.53 Å². The smallest absolute Gasteiger partial charge is 0.338 e. The Labute approximate surface area is 119 Å². The molecule has 0 radical (unpaired) electrons. The predicted molar refractivity (Wildman–Crippen MR) is 76.2 cm³/mol. The standard InChI is InChI=1S/C17H21NO2/c1-20-17(19)13-5-3-2-4-12(13)9-18-16-14-10-6-7-11(8-10)15(14)16/h2-5,10-11,14-16,18H,6-9H2,1H3. The molecule has 3 aliphatic carbocycles. The predicted octanol–water partition coefficient (Wildman–Crippen LogP) is 2.61. The molecule has 3 fully saturated rings. The topological polar surface area (TPSA) is 38.3 Å². The molecule has 3 saturated carbocycles. The van der Waals surface area contributed by atoms with Crippen molar-refractivity contribution in [2.45, 2.75) is 31.8 Å². The highest BCUT2D eigenvalue weighted by Crippen LogP contribution is 2.65. The second kappa shape index (κ2) is 4.59. The van der Waals surface area contributed by atoms with E-state index < -0.39 is 0 Å². The fourth-order valence-corrected chi connectivity index (χ4v) is 4.81. The van der Waals surface area contributed by atoms with Gasteiger partial charge in [-0.05, 0) is 54.6 Å². The lowest BCUT2D eigenvalue weighted by Crippen LogP contribution is -2.23. The van der Waals surface area contributed by atoms with Crippen LogP contribution >= 0.6 is 0 Å². The molecular formula is C17H21NO2. The highest BCUT2D eigenvalue weighted by atomic mass is 16.5. The van der Waals surface area contributed by atoms with E-state index in [0.29, 0.717) is 11.6 Å². The van der Waals surface area contributed by atoms with Crippen molar-refractivity contribution in [1.82, 2.24) is 5.32 Å². The summed E-state index contributed by atoms with van der Waals surface area (Å²) < 4.78 is 4.85. The molecule has 4 atom stereocenters. The van der Waals surface area contributed by atoms with E-state index in [1.807, 2.05) is 24.3 Å². The molecule has 3 aliphatic rings. The Bertz CT molecular complexity index is 526. The number of carbonyl (C=O) groups excluding carboxylic acids is 1. The molecule has 0 saturated heterocycles. The second-order valence-corrected chi connectivity index (χ2v) is 6.54. The quantitative estimate of drug-likeness (QED) is 0.855. The number of nitrogens with one attached hydrogen (secondary N) is 1. The minimum absolute atomic E-state index is 0.238. The van der Waals surface area contributed by atoms with Crippen molar-refractivity contribution in [3.63, 3.8) is 0 Å². The third kappa shape index (κ3) is 1.80. The number of hydrogen-bond acceptors (Lipinski definition) is 3. The summed E-state index contributed by atoms with van der Waals surface area (Å²) in [5.74, 6) is 3.59. The van der Waals surface area contributed by atoms with E-state index in [1.54, 1.807) is 0 Å². The fraction of sp³-hybridized carbons (Fsp3) is 0.588. The number of methoxy groups -OCH3 is 1. The van der Waals surface area contributed by atoms with Gasteiger partial charge >= 0.3 is 5.97 Å². The average molecular weight is 271 g/mol. The molecule has 1 N–H and O–H groups in total. The van der Waals surface area contributed by atoms with Crippen LogP contribution in [0.3, 0.4) is 0 Å². The number of hydrogen-bond donors (Lipinski definition) is 1. The maximum atomic E-state index is 11.8. The van der Waals surface area contributed by atoms with Gasteiger partial charge in [-0.25, -0.2) is 4.79 Å². The number of rotatable bonds is 4. The van der Waals surface area contributed by atoms with E-state index >= 15 is 0 Å². The minimum atomic E-state index is -0.238. The largest absolute Gasteiger partial charge is 0.465 e. The molecule has 0 aliphatic heterocycles. The van der Waals surface area contributed by atoms with Crippen molar-refractivity contribution in [3.05, 3.63) is 35.4 Å². The molecule has 3 heteroatoms. The number of esters is 1. The van der Waals surface area contributed by atoms with Crippen molar-refractivity contribution in [3.8, 4) is 0 Å². The van der Waals surface area contributed by atoms with Gasteiger partial charge in [0.1, 0.15) is 0 Å². The van der Waals surface area contributed by atoms with Crippen LogP contribution in [-0.2, 0) is 11.3 Å². The molecule has 0 spiro atoms. The minimum Gasteiger partial charge on any atom is -0.465 e. The van der Waals surface area contributed by atoms with Crippen LogP contribution in [0.2, 0.25) is 0 Å². The molecule has 4 unspecified atom stereocenters. The van der Waals surface area contributed by atoms with Crippen LogP contribution in [0.4, 0.5) is 0 Å². The second-order valence-electron chi connectivity index (χ2n) is 6.54. The molecule has 4 rings (SSSR count). The van der Waals surface area contributed by atoms with Gasteiger partial charge in [0.15, 0.2) is 0 Å². The van der Waals surface area contributed by atoms with Crippen LogP contribution in [0, 0.1) is 23.7 Å². The Morgan fingerprint density at radius 1 is 1.25 bits per heavy atom. The molecule has 0 aromatic heterocycles. The number of ether oxygens (including phenoxy) is 1. The first-order chi connectivity index (χ1) is 9.79. The molecule has 2 bridgehead atoms. The van der Waals surface area contributed by atoms with E-state index in [0.717, 1.165) is 35.8 Å². The lowest BCUT2D eigenvalue weighted by molar-refractivity contribution is 0.0599. The number of carbonyl (C=O) groups is 1. The molecular weight excluding hydrogens is 250 g/mol. The SMILES string of the molecule is COC(=O)c1ccccc1CNC1C2C3CCC(C3)C12. The summed E-state index contributed by atoms with van der Waals surface area (Å²) in [6.07, 6.45) is 4.37. The Hall–Kier alpha value is -1.35. The van der Waals surface area contributed by atoms with Gasteiger partial charge in [-0.2, -0.15) is 0 Å². The number of fused-ring (bicyclic) bond motifs is 5. The lowest BCUT2D eigenvalue weighted by atomic mass is 10.0. The fourth-order valence-electron chi connectivity index (χ4n) is 4.81. The zero-order valence-corrected chi connectivity index (χ0v) is 11.8. The maximum Gasteiger partial charge on any atom is 0.338 e. The summed E-state index contributed by atoms with van der Waals surface area (Å²) in [7, 11) is 1.44. The summed E-state index contributed by atoms with van der Waals surface area (Å²) in [4.78, 5) is 11.8. The maximum absolute atomic E-state index is 11.8. The van der Waals surface area contributed by atoms with Crippen LogP contribution in [-0.4, -0.2) is 19.1 Å². The first-order valence-electron chi connectivity index (χ1n) is 7.69. The van der Waals surface area contributed by atoms with Gasteiger partial charge in [0, 0.05) is 12.6 Å². The van der Waals surface area contributed by atoms with Gasteiger partial charge in [0.25, 0.3) is 0 Å². The van der Waals surface area contributed by atoms with Gasteiger partial charge in [-0.3, -0.25) is 0 Å². The molecule has 1 aromatic carbocycles. The molecule has 106 valence electrons. The van der Waals surface area contributed by atoms with E-state index in [2.05, 4.69) is 5.32 Å². The average Bonchev–Trinajstić information content (AvgIpc) is 2.87. The third-order valence-electron chi connectivity index (χ3n) is 5.69. The first kappa shape index (κ1) is 12.4. The summed E-state index contributed by atoms with van der Waals surface area (Å²) in [6.45, 7) is 0.780. The van der Waals surface area contributed by atoms with Crippen LogP contribution < -0.4 is 5.32 Å². The van der Waals surface area contributed by atoms with Gasteiger partial charge in [-0.1, -0.05) is 18.2 Å². The molecule has 0 heterocycles. The van der Waals surface area contributed by atoms with Crippen LogP contribution in [0.25, 0.3) is 0 Å². The molecule has 3 nitrogen and oxygen atoms in total. The summed E-state index contributed by atoms with van der Waals surface area (Å²) in [6, 6.07) is 8.45. The van der Waals surface area contributed by atoms with Crippen molar-refractivity contribution in [2.24, 2.45) is 23.7 Å². The van der Waals surface area contributed by atoms with Crippen molar-refractivity contribution in [2.75, 3.05) is 7.11 Å². The van der Waals surface area contributed by atoms with Gasteiger partial charge < -0.3 is 10.1 Å². The van der Waals surface area contributed by atoms with Crippen LogP contribution in [0.5, 0.6) is 0 Å². The Morgan fingerprint density at radius 3 is 2.65 bits per heavy atom. The highest BCUT2D eigenvalue weighted by Gasteiger charge is 2.64. The molecule has 1 aromatic rings. The van der Waals surface area contributed by atoms with Gasteiger partial charge in [-0.15, -0.1) is 0 Å². The van der Waals surface area contributed by atoms with Gasteiger partial charge in [0.05, 0.1) is 12.7 Å². The Balaban J connectivity index is 1.42. The summed E-state index contributed by atoms with van der Waals surface area (Å²) in [5.41, 5.74) is 1.74. The normalized spacial score (nSPS) is 36.8. The zero-order valence-electron chi connectivity index (χ0n) is 11.8. The van der Waals surface area contributed by atoms with Crippen molar-refractivity contribution >= 4 is 5.97 Å². The van der Waals surface area contributed by atoms with Crippen LogP contribution in [0.1, 0.15) is 35.2 Å². The Kier molecular flexibility index (Phi) is 2.84. The highest BCUT2D eigenvalue weighted by molar-refractivity contribution is 5.90. The lowest BCUT2D eigenvalue weighted by Gasteiger charge is -2.12. The van der Waals surface area contributed by atoms with E-state index in [-0.39, 0.29) is 5.97 Å². The molecule has 0 amide bonds.